The zero-order valence-electron chi connectivity index (χ0n) is 11.4. The minimum atomic E-state index is 0.349. The summed E-state index contributed by atoms with van der Waals surface area (Å²) in [4.78, 5) is 0. The zero-order valence-corrected chi connectivity index (χ0v) is 11.4. The van der Waals surface area contributed by atoms with Gasteiger partial charge in [-0.25, -0.2) is 0 Å². The molecule has 2 aliphatic rings. The van der Waals surface area contributed by atoms with Crippen molar-refractivity contribution >= 4 is 0 Å². The molecular weight excluding hydrogens is 222 g/mol. The molecule has 3 rings (SSSR count). The fraction of sp³-hybridized carbons (Fsp3) is 0.625. The number of hydrogen-bond acceptors (Lipinski definition) is 2. The van der Waals surface area contributed by atoms with Crippen LogP contribution in [-0.4, -0.2) is 18.8 Å². The van der Waals surface area contributed by atoms with E-state index in [1.54, 1.807) is 11.1 Å². The predicted molar refractivity (Wildman–Crippen MR) is 73.8 cm³/mol. The van der Waals surface area contributed by atoms with Crippen LogP contribution in [0.2, 0.25) is 0 Å². The fourth-order valence-corrected chi connectivity index (χ4v) is 3.23. The van der Waals surface area contributed by atoms with Crippen LogP contribution in [0.4, 0.5) is 0 Å². The molecule has 18 heavy (non-hydrogen) atoms. The molecule has 0 radical (unpaired) electrons. The SMILES string of the molecule is CC(NC1CCOC1C)c1ccc2c(c1)CCC2. The molecule has 0 spiro atoms. The second kappa shape index (κ2) is 5.02. The minimum absolute atomic E-state index is 0.349. The molecule has 0 saturated carbocycles. The number of rotatable bonds is 3. The van der Waals surface area contributed by atoms with Gasteiger partial charge in [-0.15, -0.1) is 0 Å². The van der Waals surface area contributed by atoms with Crippen LogP contribution in [-0.2, 0) is 17.6 Å². The standard InChI is InChI=1S/C16H23NO/c1-11(17-16-8-9-18-12(16)2)14-7-6-13-4-3-5-15(13)10-14/h6-7,10-12,16-17H,3-5,8-9H2,1-2H3. The monoisotopic (exact) mass is 245 g/mol. The van der Waals surface area contributed by atoms with E-state index in [-0.39, 0.29) is 0 Å². The minimum Gasteiger partial charge on any atom is -0.377 e. The predicted octanol–water partition coefficient (Wildman–Crippen LogP) is 3.00. The van der Waals surface area contributed by atoms with Gasteiger partial charge in [-0.3, -0.25) is 0 Å². The van der Waals surface area contributed by atoms with Crippen LogP contribution in [0, 0.1) is 0 Å². The normalized spacial score (nSPS) is 28.3. The number of ether oxygens (including phenoxy) is 1. The summed E-state index contributed by atoms with van der Waals surface area (Å²) in [5, 5.41) is 3.71. The Bertz CT molecular complexity index is 429. The molecule has 2 heteroatoms. The molecule has 1 N–H and O–H groups in total. The van der Waals surface area contributed by atoms with Gasteiger partial charge in [0.1, 0.15) is 0 Å². The third-order valence-corrected chi connectivity index (χ3v) is 4.46. The Hall–Kier alpha value is -0.860. The van der Waals surface area contributed by atoms with Crippen LogP contribution in [0.5, 0.6) is 0 Å². The van der Waals surface area contributed by atoms with Gasteiger partial charge in [0.15, 0.2) is 0 Å². The smallest absolute Gasteiger partial charge is 0.0700 e. The first-order valence-electron chi connectivity index (χ1n) is 7.23. The van der Waals surface area contributed by atoms with Crippen molar-refractivity contribution < 1.29 is 4.74 Å². The summed E-state index contributed by atoms with van der Waals surface area (Å²) in [5.74, 6) is 0. The van der Waals surface area contributed by atoms with Crippen molar-refractivity contribution in [2.45, 2.75) is 57.7 Å². The molecule has 1 aromatic rings. The van der Waals surface area contributed by atoms with E-state index in [0.29, 0.717) is 18.2 Å². The first kappa shape index (κ1) is 12.2. The van der Waals surface area contributed by atoms with Crippen molar-refractivity contribution in [2.24, 2.45) is 0 Å². The van der Waals surface area contributed by atoms with Crippen molar-refractivity contribution in [1.29, 1.82) is 0 Å². The van der Waals surface area contributed by atoms with Gasteiger partial charge in [-0.05, 0) is 56.2 Å². The second-order valence-electron chi connectivity index (χ2n) is 5.74. The third-order valence-electron chi connectivity index (χ3n) is 4.46. The summed E-state index contributed by atoms with van der Waals surface area (Å²) in [6, 6.07) is 7.95. The van der Waals surface area contributed by atoms with Crippen molar-refractivity contribution in [3.8, 4) is 0 Å². The van der Waals surface area contributed by atoms with Crippen LogP contribution in [0.1, 0.15) is 49.4 Å². The highest BCUT2D eigenvalue weighted by molar-refractivity contribution is 5.36. The van der Waals surface area contributed by atoms with E-state index in [2.05, 4.69) is 37.4 Å². The van der Waals surface area contributed by atoms with E-state index in [4.69, 9.17) is 4.74 Å². The molecule has 2 nitrogen and oxygen atoms in total. The first-order valence-corrected chi connectivity index (χ1v) is 7.23. The number of aryl methyl sites for hydroxylation is 2. The molecule has 1 aliphatic carbocycles. The van der Waals surface area contributed by atoms with E-state index in [1.165, 1.54) is 24.8 Å². The molecule has 1 aliphatic heterocycles. The number of fused-ring (bicyclic) bond motifs is 1. The number of hydrogen-bond donors (Lipinski definition) is 1. The first-order chi connectivity index (χ1) is 8.74. The lowest BCUT2D eigenvalue weighted by atomic mass is 10.0. The highest BCUT2D eigenvalue weighted by atomic mass is 16.5. The molecule has 98 valence electrons. The fourth-order valence-electron chi connectivity index (χ4n) is 3.23. The van der Waals surface area contributed by atoms with Gasteiger partial charge in [0.25, 0.3) is 0 Å². The Morgan fingerprint density at radius 3 is 2.89 bits per heavy atom. The van der Waals surface area contributed by atoms with Gasteiger partial charge < -0.3 is 10.1 Å². The Balaban J connectivity index is 1.70. The van der Waals surface area contributed by atoms with Gasteiger partial charge in [-0.1, -0.05) is 18.2 Å². The van der Waals surface area contributed by atoms with Gasteiger partial charge >= 0.3 is 0 Å². The van der Waals surface area contributed by atoms with Crippen LogP contribution in [0.3, 0.4) is 0 Å². The molecular formula is C16H23NO. The van der Waals surface area contributed by atoms with Crippen LogP contribution < -0.4 is 5.32 Å². The maximum absolute atomic E-state index is 5.61. The average molecular weight is 245 g/mol. The summed E-state index contributed by atoms with van der Waals surface area (Å²) >= 11 is 0. The maximum Gasteiger partial charge on any atom is 0.0700 e. The van der Waals surface area contributed by atoms with Gasteiger partial charge in [0, 0.05) is 18.7 Å². The highest BCUT2D eigenvalue weighted by Gasteiger charge is 2.25. The lowest BCUT2D eigenvalue weighted by Gasteiger charge is -2.22. The van der Waals surface area contributed by atoms with Crippen LogP contribution in [0.25, 0.3) is 0 Å². The van der Waals surface area contributed by atoms with Crippen molar-refractivity contribution in [3.05, 3.63) is 34.9 Å². The molecule has 3 atom stereocenters. The lowest BCUT2D eigenvalue weighted by Crippen LogP contribution is -2.36. The Kier molecular flexibility index (Phi) is 3.40. The summed E-state index contributed by atoms with van der Waals surface area (Å²) < 4.78 is 5.61. The molecule has 1 aromatic carbocycles. The largest absolute Gasteiger partial charge is 0.377 e. The van der Waals surface area contributed by atoms with E-state index in [0.717, 1.165) is 13.0 Å². The summed E-state index contributed by atoms with van der Waals surface area (Å²) in [5.41, 5.74) is 4.55. The van der Waals surface area contributed by atoms with Gasteiger partial charge in [-0.2, -0.15) is 0 Å². The van der Waals surface area contributed by atoms with Crippen molar-refractivity contribution in [3.63, 3.8) is 0 Å². The van der Waals surface area contributed by atoms with Gasteiger partial charge in [0.2, 0.25) is 0 Å². The molecule has 0 amide bonds. The quantitative estimate of drug-likeness (QED) is 0.884. The Morgan fingerprint density at radius 1 is 1.28 bits per heavy atom. The molecule has 1 heterocycles. The summed E-state index contributed by atoms with van der Waals surface area (Å²) in [6.07, 6.45) is 5.34. The third kappa shape index (κ3) is 2.32. The molecule has 3 unspecified atom stereocenters. The van der Waals surface area contributed by atoms with Crippen LogP contribution >= 0.6 is 0 Å². The Morgan fingerprint density at radius 2 is 2.11 bits per heavy atom. The zero-order chi connectivity index (χ0) is 12.5. The number of benzene rings is 1. The van der Waals surface area contributed by atoms with Crippen molar-refractivity contribution in [1.82, 2.24) is 5.32 Å². The molecule has 1 saturated heterocycles. The Labute approximate surface area is 110 Å². The maximum atomic E-state index is 5.61. The molecule has 0 bridgehead atoms. The van der Waals surface area contributed by atoms with E-state index in [1.807, 2.05) is 0 Å². The van der Waals surface area contributed by atoms with Gasteiger partial charge in [0.05, 0.1) is 6.10 Å². The summed E-state index contributed by atoms with van der Waals surface area (Å²) in [6.45, 7) is 5.33. The lowest BCUT2D eigenvalue weighted by molar-refractivity contribution is 0.111. The van der Waals surface area contributed by atoms with E-state index < -0.39 is 0 Å². The molecule has 1 fully saturated rings. The molecule has 0 aromatic heterocycles. The average Bonchev–Trinajstić information content (AvgIpc) is 2.98. The van der Waals surface area contributed by atoms with Crippen LogP contribution in [0.15, 0.2) is 18.2 Å². The number of nitrogens with one attached hydrogen (secondary N) is 1. The van der Waals surface area contributed by atoms with E-state index in [9.17, 15) is 0 Å². The van der Waals surface area contributed by atoms with Crippen molar-refractivity contribution in [2.75, 3.05) is 6.61 Å². The summed E-state index contributed by atoms with van der Waals surface area (Å²) in [7, 11) is 0. The topological polar surface area (TPSA) is 21.3 Å². The van der Waals surface area contributed by atoms with E-state index >= 15 is 0 Å². The highest BCUT2D eigenvalue weighted by Crippen LogP contribution is 2.26. The second-order valence-corrected chi connectivity index (χ2v) is 5.74.